The summed E-state index contributed by atoms with van der Waals surface area (Å²) in [4.78, 5) is 14.4. The molecule has 0 unspecified atom stereocenters. The predicted octanol–water partition coefficient (Wildman–Crippen LogP) is -0.918. The van der Waals surface area contributed by atoms with Gasteiger partial charge in [-0.2, -0.15) is 0 Å². The molecule has 0 fully saturated rings. The summed E-state index contributed by atoms with van der Waals surface area (Å²) in [5.41, 5.74) is 0.846. The summed E-state index contributed by atoms with van der Waals surface area (Å²) in [6, 6.07) is 5.10. The summed E-state index contributed by atoms with van der Waals surface area (Å²) < 4.78 is 39.7. The first-order chi connectivity index (χ1) is 9.82. The van der Waals surface area contributed by atoms with Crippen LogP contribution in [0.1, 0.15) is 5.69 Å². The number of anilines is 2. The minimum Gasteiger partial charge on any atom is -0.550 e. The van der Waals surface area contributed by atoms with Gasteiger partial charge in [-0.3, -0.25) is 0 Å². The third-order valence-electron chi connectivity index (χ3n) is 2.22. The molecular formula is C12H8F3LiN2O3S. The van der Waals surface area contributed by atoms with E-state index in [9.17, 15) is 23.1 Å². The van der Waals surface area contributed by atoms with Gasteiger partial charge in [-0.1, -0.05) is 0 Å². The number of carboxylic acid groups (broad SMARTS) is 1. The summed E-state index contributed by atoms with van der Waals surface area (Å²) in [6.45, 7) is 0. The van der Waals surface area contributed by atoms with E-state index in [0.29, 0.717) is 16.5 Å². The quantitative estimate of drug-likeness (QED) is 0.720. The number of benzene rings is 1. The van der Waals surface area contributed by atoms with E-state index >= 15 is 0 Å². The zero-order valence-corrected chi connectivity index (χ0v) is 12.1. The molecule has 1 heterocycles. The van der Waals surface area contributed by atoms with Gasteiger partial charge in [0, 0.05) is 23.5 Å². The number of aliphatic carboxylic acids is 1. The molecule has 0 saturated carbocycles. The van der Waals surface area contributed by atoms with Crippen LogP contribution in [0.5, 0.6) is 5.75 Å². The molecule has 0 saturated heterocycles. The van der Waals surface area contributed by atoms with Crippen molar-refractivity contribution in [2.24, 2.45) is 0 Å². The molecule has 2 rings (SSSR count). The van der Waals surface area contributed by atoms with E-state index in [1.165, 1.54) is 23.5 Å². The molecule has 1 N–H and O–H groups in total. The van der Waals surface area contributed by atoms with E-state index in [1.807, 2.05) is 0 Å². The Morgan fingerprint density at radius 3 is 2.50 bits per heavy atom. The zero-order chi connectivity index (χ0) is 15.5. The van der Waals surface area contributed by atoms with Crippen LogP contribution >= 0.6 is 11.3 Å². The minimum atomic E-state index is -4.73. The summed E-state index contributed by atoms with van der Waals surface area (Å²) in [6.07, 6.45) is -5.03. The number of carbonyl (C=O) groups excluding carboxylic acids is 1. The van der Waals surface area contributed by atoms with Crippen LogP contribution < -0.4 is 34.0 Å². The fourth-order valence-electron chi connectivity index (χ4n) is 1.46. The molecular weight excluding hydrogens is 316 g/mol. The van der Waals surface area contributed by atoms with Crippen LogP contribution in [-0.4, -0.2) is 17.3 Å². The first-order valence-corrected chi connectivity index (χ1v) is 6.47. The molecule has 0 spiro atoms. The zero-order valence-electron chi connectivity index (χ0n) is 11.3. The van der Waals surface area contributed by atoms with E-state index < -0.39 is 12.3 Å². The minimum absolute atomic E-state index is 0. The summed E-state index contributed by atoms with van der Waals surface area (Å²) >= 11 is 1.18. The van der Waals surface area contributed by atoms with E-state index in [0.717, 1.165) is 12.1 Å². The molecule has 0 radical (unpaired) electrons. The molecule has 1 aromatic carbocycles. The monoisotopic (exact) mass is 324 g/mol. The van der Waals surface area contributed by atoms with Crippen LogP contribution in [0.15, 0.2) is 29.6 Å². The molecule has 2 aromatic rings. The first-order valence-electron chi connectivity index (χ1n) is 5.59. The number of nitrogens with zero attached hydrogens (tertiary/aromatic N) is 1. The van der Waals surface area contributed by atoms with Crippen molar-refractivity contribution in [3.8, 4) is 5.75 Å². The Morgan fingerprint density at radius 1 is 1.32 bits per heavy atom. The van der Waals surface area contributed by atoms with Crippen LogP contribution in [0.2, 0.25) is 0 Å². The van der Waals surface area contributed by atoms with Gasteiger partial charge < -0.3 is 20.0 Å². The third kappa shape index (κ3) is 5.97. The largest absolute Gasteiger partial charge is 1.00 e. The molecule has 0 aliphatic heterocycles. The van der Waals surface area contributed by atoms with Crippen molar-refractivity contribution in [2.75, 3.05) is 5.32 Å². The fourth-order valence-corrected chi connectivity index (χ4v) is 2.19. The van der Waals surface area contributed by atoms with Crippen LogP contribution in [0, 0.1) is 0 Å². The van der Waals surface area contributed by atoms with E-state index in [2.05, 4.69) is 15.0 Å². The van der Waals surface area contributed by atoms with Gasteiger partial charge in [0.25, 0.3) is 0 Å². The maximum Gasteiger partial charge on any atom is 1.00 e. The molecule has 0 aliphatic carbocycles. The molecule has 0 aliphatic rings. The number of halogens is 3. The Hall–Kier alpha value is -1.69. The van der Waals surface area contributed by atoms with Crippen LogP contribution in [0.4, 0.5) is 24.0 Å². The number of nitrogens with one attached hydrogen (secondary N) is 1. The standard InChI is InChI=1S/C12H9F3N2O3S.Li/c13-12(14,15)20-9-3-1-7(2-4-9)16-11-17-8(6-21-11)5-10(18)19;/h1-4,6H,5H2,(H,16,17)(H,18,19);/q;+1/p-1. The number of thiazole rings is 1. The molecule has 0 atom stereocenters. The smallest absolute Gasteiger partial charge is 0.550 e. The van der Waals surface area contributed by atoms with Gasteiger partial charge >= 0.3 is 25.2 Å². The summed E-state index contributed by atoms with van der Waals surface area (Å²) in [5, 5.41) is 15.2. The second-order valence-electron chi connectivity index (χ2n) is 3.89. The maximum absolute atomic E-state index is 12.0. The Labute approximate surface area is 139 Å². The average Bonchev–Trinajstić information content (AvgIpc) is 2.76. The Balaban J connectivity index is 0.00000242. The molecule has 0 bridgehead atoms. The van der Waals surface area contributed by atoms with E-state index in [1.54, 1.807) is 5.38 Å². The molecule has 5 nitrogen and oxygen atoms in total. The van der Waals surface area contributed by atoms with E-state index in [4.69, 9.17) is 0 Å². The normalized spacial score (nSPS) is 10.7. The Kier molecular flexibility index (Phi) is 6.29. The SMILES string of the molecule is O=C([O-])Cc1csc(Nc2ccc(OC(F)(F)F)cc2)n1.[Li+]. The second kappa shape index (κ2) is 7.53. The van der Waals surface area contributed by atoms with Crippen molar-refractivity contribution in [1.29, 1.82) is 0 Å². The number of ether oxygens (including phenoxy) is 1. The van der Waals surface area contributed by atoms with E-state index in [-0.39, 0.29) is 31.0 Å². The van der Waals surface area contributed by atoms with Crippen LogP contribution in [0.25, 0.3) is 0 Å². The average molecular weight is 324 g/mol. The van der Waals surface area contributed by atoms with Gasteiger partial charge in [0.2, 0.25) is 0 Å². The topological polar surface area (TPSA) is 74.3 Å². The van der Waals surface area contributed by atoms with Crippen molar-refractivity contribution < 1.29 is 46.7 Å². The van der Waals surface area contributed by atoms with Gasteiger partial charge in [-0.25, -0.2) is 4.98 Å². The third-order valence-corrected chi connectivity index (χ3v) is 3.02. The second-order valence-corrected chi connectivity index (χ2v) is 4.75. The summed E-state index contributed by atoms with van der Waals surface area (Å²) in [7, 11) is 0. The Bertz CT molecular complexity index is 631. The number of hydrogen-bond acceptors (Lipinski definition) is 6. The predicted molar refractivity (Wildman–Crippen MR) is 67.2 cm³/mol. The molecule has 112 valence electrons. The van der Waals surface area contributed by atoms with Gasteiger partial charge in [0.1, 0.15) is 5.75 Å². The first kappa shape index (κ1) is 18.4. The number of carboxylic acids is 1. The number of aromatic nitrogens is 1. The van der Waals surface area contributed by atoms with Gasteiger partial charge in [-0.05, 0) is 24.3 Å². The number of hydrogen-bond donors (Lipinski definition) is 1. The summed E-state index contributed by atoms with van der Waals surface area (Å²) in [5.74, 6) is -1.56. The van der Waals surface area contributed by atoms with Crippen molar-refractivity contribution in [2.45, 2.75) is 12.8 Å². The number of alkyl halides is 3. The van der Waals surface area contributed by atoms with Crippen LogP contribution in [0.3, 0.4) is 0 Å². The molecule has 22 heavy (non-hydrogen) atoms. The van der Waals surface area contributed by atoms with Crippen molar-refractivity contribution >= 4 is 28.1 Å². The number of rotatable bonds is 5. The van der Waals surface area contributed by atoms with Gasteiger partial charge in [-0.15, -0.1) is 24.5 Å². The Morgan fingerprint density at radius 2 is 1.95 bits per heavy atom. The molecule has 1 aromatic heterocycles. The van der Waals surface area contributed by atoms with Crippen molar-refractivity contribution in [3.63, 3.8) is 0 Å². The molecule has 0 amide bonds. The van der Waals surface area contributed by atoms with Crippen molar-refractivity contribution in [1.82, 2.24) is 4.98 Å². The fraction of sp³-hybridized carbons (Fsp3) is 0.167. The molecule has 10 heteroatoms. The van der Waals surface area contributed by atoms with Crippen LogP contribution in [-0.2, 0) is 11.2 Å². The van der Waals surface area contributed by atoms with Gasteiger partial charge in [0.05, 0.1) is 5.69 Å². The maximum atomic E-state index is 12.0. The van der Waals surface area contributed by atoms with Crippen molar-refractivity contribution in [3.05, 3.63) is 35.3 Å². The number of carbonyl (C=O) groups is 1. The van der Waals surface area contributed by atoms with Gasteiger partial charge in [0.15, 0.2) is 5.13 Å².